The van der Waals surface area contributed by atoms with Gasteiger partial charge in [0, 0.05) is 6.42 Å². The fraction of sp³-hybridized carbons (Fsp3) is 0.500. The highest BCUT2D eigenvalue weighted by Crippen LogP contribution is 2.30. The van der Waals surface area contributed by atoms with Crippen molar-refractivity contribution in [2.24, 2.45) is 5.92 Å². The number of Topliss-reactive ketones (excluding diaryl/α,β-unsaturated/α-hetero) is 1. The van der Waals surface area contributed by atoms with E-state index in [1.54, 1.807) is 18.2 Å². The second kappa shape index (κ2) is 5.94. The number of hydrogen-bond acceptors (Lipinski definition) is 2. The summed E-state index contributed by atoms with van der Waals surface area (Å²) >= 11 is 0. The number of hydrogen-bond donors (Lipinski definition) is 0. The number of para-hydroxylation sites is 1. The molecule has 1 saturated carbocycles. The van der Waals surface area contributed by atoms with Gasteiger partial charge < -0.3 is 4.74 Å². The van der Waals surface area contributed by atoms with Gasteiger partial charge in [0.25, 0.3) is 0 Å². The zero-order chi connectivity index (χ0) is 13.0. The average molecular weight is 254 g/mol. The molecule has 0 saturated heterocycles. The van der Waals surface area contributed by atoms with Gasteiger partial charge in [0.1, 0.15) is 5.75 Å². The Kier molecular flexibility index (Phi) is 4.28. The molecule has 0 bridgehead atoms. The van der Waals surface area contributed by atoms with Crippen molar-refractivity contribution in [3.05, 3.63) is 29.8 Å². The van der Waals surface area contributed by atoms with Crippen LogP contribution in [0.4, 0.5) is 8.78 Å². The third-order valence-electron chi connectivity index (χ3n) is 3.35. The molecule has 1 aromatic carbocycles. The highest BCUT2D eigenvalue weighted by atomic mass is 19.3. The lowest BCUT2D eigenvalue weighted by Gasteiger charge is -2.12. The minimum absolute atomic E-state index is 0.0181. The Bertz CT molecular complexity index is 412. The summed E-state index contributed by atoms with van der Waals surface area (Å²) < 4.78 is 28.8. The molecule has 0 unspecified atom stereocenters. The first-order chi connectivity index (χ1) is 8.66. The monoisotopic (exact) mass is 254 g/mol. The Morgan fingerprint density at radius 2 is 1.94 bits per heavy atom. The normalized spacial score (nSPS) is 16.2. The van der Waals surface area contributed by atoms with Crippen LogP contribution in [0.25, 0.3) is 0 Å². The first-order valence-electron chi connectivity index (χ1n) is 6.24. The van der Waals surface area contributed by atoms with Crippen molar-refractivity contribution in [2.45, 2.75) is 38.7 Å². The molecule has 0 aromatic heterocycles. The third-order valence-corrected chi connectivity index (χ3v) is 3.35. The van der Waals surface area contributed by atoms with E-state index in [0.717, 1.165) is 25.7 Å². The van der Waals surface area contributed by atoms with E-state index in [-0.39, 0.29) is 17.1 Å². The molecule has 0 atom stereocenters. The highest BCUT2D eigenvalue weighted by molar-refractivity contribution is 5.98. The predicted molar refractivity (Wildman–Crippen MR) is 64.0 cm³/mol. The first-order valence-corrected chi connectivity index (χ1v) is 6.24. The maximum atomic E-state index is 12.2. The van der Waals surface area contributed by atoms with Crippen LogP contribution in [-0.2, 0) is 0 Å². The Morgan fingerprint density at radius 1 is 1.28 bits per heavy atom. The zero-order valence-electron chi connectivity index (χ0n) is 10.1. The summed E-state index contributed by atoms with van der Waals surface area (Å²) in [6.07, 6.45) is 4.87. The topological polar surface area (TPSA) is 26.3 Å². The Labute approximate surface area is 105 Å². The summed E-state index contributed by atoms with van der Waals surface area (Å²) in [6, 6.07) is 6.22. The maximum Gasteiger partial charge on any atom is 0.387 e. The summed E-state index contributed by atoms with van der Waals surface area (Å²) in [5.41, 5.74) is 0.268. The second-order valence-electron chi connectivity index (χ2n) is 4.65. The van der Waals surface area contributed by atoms with Crippen molar-refractivity contribution < 1.29 is 18.3 Å². The van der Waals surface area contributed by atoms with Gasteiger partial charge in [-0.3, -0.25) is 4.79 Å². The van der Waals surface area contributed by atoms with Crippen LogP contribution in [-0.4, -0.2) is 12.4 Å². The molecule has 1 aliphatic carbocycles. The summed E-state index contributed by atoms with van der Waals surface area (Å²) in [4.78, 5) is 12.1. The van der Waals surface area contributed by atoms with E-state index in [4.69, 9.17) is 0 Å². The predicted octanol–water partition coefficient (Wildman–Crippen LogP) is 4.05. The van der Waals surface area contributed by atoms with Crippen LogP contribution in [0.2, 0.25) is 0 Å². The van der Waals surface area contributed by atoms with E-state index < -0.39 is 6.61 Å². The molecule has 18 heavy (non-hydrogen) atoms. The molecule has 0 aliphatic heterocycles. The van der Waals surface area contributed by atoms with Crippen molar-refractivity contribution in [1.82, 2.24) is 0 Å². The van der Waals surface area contributed by atoms with E-state index >= 15 is 0 Å². The van der Waals surface area contributed by atoms with E-state index in [0.29, 0.717) is 12.3 Å². The lowest BCUT2D eigenvalue weighted by Crippen LogP contribution is -2.10. The summed E-state index contributed by atoms with van der Waals surface area (Å²) in [5.74, 6) is 0.283. The van der Waals surface area contributed by atoms with Crippen molar-refractivity contribution in [2.75, 3.05) is 0 Å². The number of ether oxygens (including phenoxy) is 1. The number of carbonyl (C=O) groups excluding carboxylic acids is 1. The Balaban J connectivity index is 2.08. The van der Waals surface area contributed by atoms with Gasteiger partial charge in [0.15, 0.2) is 5.78 Å². The number of ketones is 1. The largest absolute Gasteiger partial charge is 0.434 e. The second-order valence-corrected chi connectivity index (χ2v) is 4.65. The average Bonchev–Trinajstić information content (AvgIpc) is 2.81. The van der Waals surface area contributed by atoms with E-state index in [1.807, 2.05) is 0 Å². The summed E-state index contributed by atoms with van der Waals surface area (Å²) in [7, 11) is 0. The number of rotatable bonds is 5. The molecule has 1 aliphatic rings. The molecule has 0 radical (unpaired) electrons. The van der Waals surface area contributed by atoms with E-state index in [1.165, 1.54) is 6.07 Å². The molecule has 4 heteroatoms. The first kappa shape index (κ1) is 13.0. The van der Waals surface area contributed by atoms with E-state index in [9.17, 15) is 13.6 Å². The number of alkyl halides is 2. The van der Waals surface area contributed by atoms with E-state index in [2.05, 4.69) is 4.74 Å². The fourth-order valence-electron chi connectivity index (χ4n) is 2.48. The summed E-state index contributed by atoms with van der Waals surface area (Å²) in [5, 5.41) is 0. The van der Waals surface area contributed by atoms with Gasteiger partial charge in [-0.05, 0) is 18.1 Å². The quantitative estimate of drug-likeness (QED) is 0.741. The lowest BCUT2D eigenvalue weighted by molar-refractivity contribution is -0.0501. The summed E-state index contributed by atoms with van der Waals surface area (Å²) in [6.45, 7) is -2.90. The van der Waals surface area contributed by atoms with Crippen LogP contribution >= 0.6 is 0 Å². The SMILES string of the molecule is O=C(CC1CCCC1)c1ccccc1OC(F)F. The molecular formula is C14H16F2O2. The molecular weight excluding hydrogens is 238 g/mol. The number of carbonyl (C=O) groups is 1. The molecule has 0 amide bonds. The van der Waals surface area contributed by atoms with Gasteiger partial charge in [0.05, 0.1) is 5.56 Å². The molecule has 2 rings (SSSR count). The minimum Gasteiger partial charge on any atom is -0.434 e. The van der Waals surface area contributed by atoms with Gasteiger partial charge in [-0.15, -0.1) is 0 Å². The minimum atomic E-state index is -2.90. The number of benzene rings is 1. The van der Waals surface area contributed by atoms with Crippen molar-refractivity contribution in [3.8, 4) is 5.75 Å². The lowest BCUT2D eigenvalue weighted by atomic mass is 9.96. The molecule has 0 heterocycles. The van der Waals surface area contributed by atoms with Crippen LogP contribution in [0, 0.1) is 5.92 Å². The smallest absolute Gasteiger partial charge is 0.387 e. The van der Waals surface area contributed by atoms with Crippen LogP contribution in [0.3, 0.4) is 0 Å². The molecule has 0 spiro atoms. The van der Waals surface area contributed by atoms with Gasteiger partial charge in [0.2, 0.25) is 0 Å². The molecule has 1 fully saturated rings. The highest BCUT2D eigenvalue weighted by Gasteiger charge is 2.21. The fourth-order valence-corrected chi connectivity index (χ4v) is 2.48. The van der Waals surface area contributed by atoms with Crippen molar-refractivity contribution in [1.29, 1.82) is 0 Å². The van der Waals surface area contributed by atoms with Gasteiger partial charge in [-0.1, -0.05) is 37.8 Å². The van der Waals surface area contributed by atoms with Crippen LogP contribution in [0.15, 0.2) is 24.3 Å². The Morgan fingerprint density at radius 3 is 2.61 bits per heavy atom. The maximum absolute atomic E-state index is 12.2. The van der Waals surface area contributed by atoms with Gasteiger partial charge in [-0.25, -0.2) is 0 Å². The van der Waals surface area contributed by atoms with Gasteiger partial charge in [-0.2, -0.15) is 8.78 Å². The zero-order valence-corrected chi connectivity index (χ0v) is 10.1. The third kappa shape index (κ3) is 3.28. The number of halogens is 2. The van der Waals surface area contributed by atoms with Crippen molar-refractivity contribution in [3.63, 3.8) is 0 Å². The van der Waals surface area contributed by atoms with Crippen LogP contribution in [0.5, 0.6) is 5.75 Å². The molecule has 0 N–H and O–H groups in total. The van der Waals surface area contributed by atoms with Crippen LogP contribution < -0.4 is 4.74 Å². The standard InChI is InChI=1S/C14H16F2O2/c15-14(16)18-13-8-4-3-7-11(13)12(17)9-10-5-1-2-6-10/h3-4,7-8,10,14H,1-2,5-6,9H2. The van der Waals surface area contributed by atoms with Crippen LogP contribution in [0.1, 0.15) is 42.5 Å². The molecule has 98 valence electrons. The Hall–Kier alpha value is -1.45. The molecule has 2 nitrogen and oxygen atoms in total. The molecule has 1 aromatic rings. The van der Waals surface area contributed by atoms with Gasteiger partial charge >= 0.3 is 6.61 Å². The van der Waals surface area contributed by atoms with Crippen molar-refractivity contribution >= 4 is 5.78 Å².